The van der Waals surface area contributed by atoms with Crippen molar-refractivity contribution in [2.24, 2.45) is 0 Å². The van der Waals surface area contributed by atoms with Gasteiger partial charge in [0.15, 0.2) is 5.60 Å². The SMILES string of the molecule is CN1CC(C)(c2ccc(O)cc2)OC1=O. The summed E-state index contributed by atoms with van der Waals surface area (Å²) < 4.78 is 5.29. The van der Waals surface area contributed by atoms with Gasteiger partial charge in [-0.3, -0.25) is 0 Å². The number of phenols is 1. The summed E-state index contributed by atoms with van der Waals surface area (Å²) in [5, 5.41) is 9.17. The van der Waals surface area contributed by atoms with Gasteiger partial charge in [-0.25, -0.2) is 4.79 Å². The van der Waals surface area contributed by atoms with Crippen LogP contribution in [0.5, 0.6) is 5.75 Å². The zero-order valence-corrected chi connectivity index (χ0v) is 8.73. The molecule has 4 heteroatoms. The fourth-order valence-electron chi connectivity index (χ4n) is 1.78. The van der Waals surface area contributed by atoms with Gasteiger partial charge >= 0.3 is 6.09 Å². The molecular weight excluding hydrogens is 194 g/mol. The molecule has 4 nitrogen and oxygen atoms in total. The topological polar surface area (TPSA) is 49.8 Å². The minimum Gasteiger partial charge on any atom is -0.508 e. The molecule has 0 saturated carbocycles. The normalized spacial score (nSPS) is 25.5. The second kappa shape index (κ2) is 3.15. The van der Waals surface area contributed by atoms with Crippen molar-refractivity contribution in [2.45, 2.75) is 12.5 Å². The van der Waals surface area contributed by atoms with Crippen molar-refractivity contribution < 1.29 is 14.6 Å². The van der Waals surface area contributed by atoms with Gasteiger partial charge in [0, 0.05) is 7.05 Å². The fourth-order valence-corrected chi connectivity index (χ4v) is 1.78. The molecule has 2 rings (SSSR count). The number of phenolic OH excluding ortho intramolecular Hbond substituents is 1. The van der Waals surface area contributed by atoms with Gasteiger partial charge in [0.2, 0.25) is 0 Å². The molecule has 1 amide bonds. The maximum atomic E-state index is 11.3. The maximum absolute atomic E-state index is 11.3. The minimum atomic E-state index is -0.612. The summed E-state index contributed by atoms with van der Waals surface area (Å²) in [6, 6.07) is 6.71. The van der Waals surface area contributed by atoms with E-state index in [-0.39, 0.29) is 11.8 Å². The molecule has 1 saturated heterocycles. The number of carbonyl (C=O) groups excluding carboxylic acids is 1. The molecule has 1 fully saturated rings. The Morgan fingerprint density at radius 2 is 2.00 bits per heavy atom. The van der Waals surface area contributed by atoms with Crippen LogP contribution in [-0.4, -0.2) is 29.7 Å². The number of hydrogen-bond acceptors (Lipinski definition) is 3. The molecule has 0 bridgehead atoms. The summed E-state index contributed by atoms with van der Waals surface area (Å²) >= 11 is 0. The number of hydrogen-bond donors (Lipinski definition) is 1. The van der Waals surface area contributed by atoms with Crippen molar-refractivity contribution in [3.63, 3.8) is 0 Å². The molecular formula is C11H13NO3. The highest BCUT2D eigenvalue weighted by Crippen LogP contribution is 2.32. The van der Waals surface area contributed by atoms with E-state index in [1.165, 1.54) is 4.90 Å². The Hall–Kier alpha value is -1.71. The number of nitrogens with zero attached hydrogens (tertiary/aromatic N) is 1. The highest BCUT2D eigenvalue weighted by molar-refractivity contribution is 5.70. The van der Waals surface area contributed by atoms with Crippen molar-refractivity contribution >= 4 is 6.09 Å². The molecule has 0 aliphatic carbocycles. The van der Waals surface area contributed by atoms with Crippen molar-refractivity contribution in [2.75, 3.05) is 13.6 Å². The number of likely N-dealkylation sites (N-methyl/N-ethyl adjacent to an activating group) is 1. The van der Waals surface area contributed by atoms with Crippen LogP contribution in [0.25, 0.3) is 0 Å². The van der Waals surface area contributed by atoms with Gasteiger partial charge in [-0.1, -0.05) is 12.1 Å². The van der Waals surface area contributed by atoms with E-state index in [1.54, 1.807) is 31.3 Å². The van der Waals surface area contributed by atoms with Gasteiger partial charge in [-0.05, 0) is 24.6 Å². The average Bonchev–Trinajstić information content (AvgIpc) is 2.43. The van der Waals surface area contributed by atoms with Gasteiger partial charge in [0.05, 0.1) is 6.54 Å². The highest BCUT2D eigenvalue weighted by Gasteiger charge is 2.40. The second-order valence-electron chi connectivity index (χ2n) is 4.00. The number of rotatable bonds is 1. The van der Waals surface area contributed by atoms with E-state index < -0.39 is 5.60 Å². The molecule has 0 aromatic heterocycles. The molecule has 0 spiro atoms. The summed E-state index contributed by atoms with van der Waals surface area (Å²) in [7, 11) is 1.70. The van der Waals surface area contributed by atoms with E-state index in [0.717, 1.165) is 5.56 Å². The zero-order valence-electron chi connectivity index (χ0n) is 8.73. The fraction of sp³-hybridized carbons (Fsp3) is 0.364. The first-order valence-corrected chi connectivity index (χ1v) is 4.75. The van der Waals surface area contributed by atoms with Crippen molar-refractivity contribution in [3.8, 4) is 5.75 Å². The summed E-state index contributed by atoms with van der Waals surface area (Å²) in [6.07, 6.45) is -0.314. The quantitative estimate of drug-likeness (QED) is 0.762. The Labute approximate surface area is 88.1 Å². The lowest BCUT2D eigenvalue weighted by Crippen LogP contribution is -2.26. The number of aromatic hydroxyl groups is 1. The number of amides is 1. The number of cyclic esters (lactones) is 1. The van der Waals surface area contributed by atoms with Crippen LogP contribution >= 0.6 is 0 Å². The molecule has 1 atom stereocenters. The molecule has 1 unspecified atom stereocenters. The number of carbonyl (C=O) groups is 1. The van der Waals surface area contributed by atoms with E-state index in [1.807, 2.05) is 6.92 Å². The third-order valence-electron chi connectivity index (χ3n) is 2.64. The lowest BCUT2D eigenvalue weighted by atomic mass is 9.96. The average molecular weight is 207 g/mol. The monoisotopic (exact) mass is 207 g/mol. The van der Waals surface area contributed by atoms with Gasteiger partial charge < -0.3 is 14.7 Å². The predicted molar refractivity (Wildman–Crippen MR) is 54.6 cm³/mol. The van der Waals surface area contributed by atoms with Crippen LogP contribution < -0.4 is 0 Å². The molecule has 1 N–H and O–H groups in total. The molecule has 80 valence electrons. The van der Waals surface area contributed by atoms with E-state index in [9.17, 15) is 4.79 Å². The number of benzene rings is 1. The predicted octanol–water partition coefficient (Wildman–Crippen LogP) is 1.69. The smallest absolute Gasteiger partial charge is 0.410 e. The van der Waals surface area contributed by atoms with E-state index >= 15 is 0 Å². The van der Waals surface area contributed by atoms with Crippen molar-refractivity contribution in [1.29, 1.82) is 0 Å². The van der Waals surface area contributed by atoms with Crippen LogP contribution in [0.1, 0.15) is 12.5 Å². The van der Waals surface area contributed by atoms with Crippen LogP contribution in [0.3, 0.4) is 0 Å². The first kappa shape index (κ1) is 9.83. The van der Waals surface area contributed by atoms with Crippen LogP contribution in [0.2, 0.25) is 0 Å². The van der Waals surface area contributed by atoms with Crippen LogP contribution in [0, 0.1) is 0 Å². The van der Waals surface area contributed by atoms with Crippen molar-refractivity contribution in [1.82, 2.24) is 4.90 Å². The van der Waals surface area contributed by atoms with Crippen LogP contribution in [-0.2, 0) is 10.3 Å². The molecule has 1 aliphatic rings. The summed E-state index contributed by atoms with van der Waals surface area (Å²) in [6.45, 7) is 2.39. The molecule has 1 aromatic rings. The molecule has 1 heterocycles. The molecule has 1 aliphatic heterocycles. The van der Waals surface area contributed by atoms with Crippen LogP contribution in [0.4, 0.5) is 4.79 Å². The first-order chi connectivity index (χ1) is 7.01. The summed E-state index contributed by atoms with van der Waals surface area (Å²) in [5.74, 6) is 0.208. The van der Waals surface area contributed by atoms with E-state index in [0.29, 0.717) is 6.54 Å². The second-order valence-corrected chi connectivity index (χ2v) is 4.00. The van der Waals surface area contributed by atoms with E-state index in [2.05, 4.69) is 0 Å². The lowest BCUT2D eigenvalue weighted by Gasteiger charge is -2.21. The summed E-state index contributed by atoms with van der Waals surface area (Å²) in [5.41, 5.74) is 0.275. The third kappa shape index (κ3) is 1.63. The molecule has 0 radical (unpaired) electrons. The van der Waals surface area contributed by atoms with Gasteiger partial charge in [0.1, 0.15) is 5.75 Å². The Morgan fingerprint density at radius 1 is 1.40 bits per heavy atom. The standard InChI is InChI=1S/C11H13NO3/c1-11(7-12(2)10(14)15-11)8-3-5-9(13)6-4-8/h3-6,13H,7H2,1-2H3. The molecule has 15 heavy (non-hydrogen) atoms. The van der Waals surface area contributed by atoms with Crippen LogP contribution in [0.15, 0.2) is 24.3 Å². The van der Waals surface area contributed by atoms with Gasteiger partial charge in [0.25, 0.3) is 0 Å². The molecule has 1 aromatic carbocycles. The zero-order chi connectivity index (χ0) is 11.1. The largest absolute Gasteiger partial charge is 0.508 e. The first-order valence-electron chi connectivity index (χ1n) is 4.75. The van der Waals surface area contributed by atoms with Gasteiger partial charge in [-0.15, -0.1) is 0 Å². The lowest BCUT2D eigenvalue weighted by molar-refractivity contribution is 0.0701. The maximum Gasteiger partial charge on any atom is 0.410 e. The summed E-state index contributed by atoms with van der Waals surface area (Å²) in [4.78, 5) is 12.8. The Balaban J connectivity index is 2.31. The Kier molecular flexibility index (Phi) is 2.07. The van der Waals surface area contributed by atoms with Crippen molar-refractivity contribution in [3.05, 3.63) is 29.8 Å². The highest BCUT2D eigenvalue weighted by atomic mass is 16.6. The Bertz CT molecular complexity index is 387. The number of ether oxygens (including phenoxy) is 1. The van der Waals surface area contributed by atoms with E-state index in [4.69, 9.17) is 9.84 Å². The minimum absolute atomic E-state index is 0.208. The third-order valence-corrected chi connectivity index (χ3v) is 2.64. The Morgan fingerprint density at radius 3 is 2.47 bits per heavy atom. The van der Waals surface area contributed by atoms with Gasteiger partial charge in [-0.2, -0.15) is 0 Å².